The van der Waals surface area contributed by atoms with Crippen molar-refractivity contribution in [1.29, 1.82) is 0 Å². The molecular weight excluding hydrogens is 205 g/mol. The highest BCUT2D eigenvalue weighted by Gasteiger charge is 2.14. The minimum absolute atomic E-state index is 0.211. The van der Waals surface area contributed by atoms with Crippen molar-refractivity contribution in [3.63, 3.8) is 0 Å². The zero-order valence-electron chi connectivity index (χ0n) is 7.97. The van der Waals surface area contributed by atoms with E-state index >= 15 is 0 Å². The van der Waals surface area contributed by atoms with E-state index in [-0.39, 0.29) is 5.91 Å². The first-order valence-electron chi connectivity index (χ1n) is 4.23. The van der Waals surface area contributed by atoms with E-state index in [4.69, 9.17) is 11.6 Å². The Hall–Kier alpha value is -1.09. The van der Waals surface area contributed by atoms with Crippen LogP contribution < -0.4 is 5.32 Å². The van der Waals surface area contributed by atoms with Crippen LogP contribution in [0, 0.1) is 5.82 Å². The van der Waals surface area contributed by atoms with Gasteiger partial charge in [-0.1, -0.05) is 17.7 Å². The van der Waals surface area contributed by atoms with Crippen molar-refractivity contribution in [3.8, 4) is 0 Å². The third kappa shape index (κ3) is 2.45. The van der Waals surface area contributed by atoms with Crippen LogP contribution in [0.15, 0.2) is 18.2 Å². The molecule has 1 aromatic carbocycles. The van der Waals surface area contributed by atoms with Gasteiger partial charge in [0.2, 0.25) is 5.91 Å². The molecule has 0 saturated carbocycles. The van der Waals surface area contributed by atoms with Crippen molar-refractivity contribution >= 4 is 17.5 Å². The lowest BCUT2D eigenvalue weighted by Crippen LogP contribution is -2.24. The average Bonchev–Trinajstić information content (AvgIpc) is 2.01. The van der Waals surface area contributed by atoms with Crippen molar-refractivity contribution in [2.75, 3.05) is 0 Å². The second kappa shape index (κ2) is 4.42. The summed E-state index contributed by atoms with van der Waals surface area (Å²) in [6.07, 6.45) is 0. The SMILES string of the molecule is CC(=O)NC(C)c1c(F)cccc1Cl. The molecule has 1 rings (SSSR count). The van der Waals surface area contributed by atoms with Gasteiger partial charge in [0.1, 0.15) is 5.82 Å². The van der Waals surface area contributed by atoms with Crippen LogP contribution in [-0.2, 0) is 4.79 Å². The molecule has 0 radical (unpaired) electrons. The number of benzene rings is 1. The highest BCUT2D eigenvalue weighted by Crippen LogP contribution is 2.25. The molecule has 1 N–H and O–H groups in total. The molecule has 1 amide bonds. The van der Waals surface area contributed by atoms with Gasteiger partial charge in [-0.05, 0) is 19.1 Å². The van der Waals surface area contributed by atoms with Gasteiger partial charge in [0.25, 0.3) is 0 Å². The van der Waals surface area contributed by atoms with E-state index in [0.29, 0.717) is 10.6 Å². The molecule has 1 atom stereocenters. The van der Waals surface area contributed by atoms with Gasteiger partial charge in [-0.25, -0.2) is 4.39 Å². The maximum atomic E-state index is 13.3. The summed E-state index contributed by atoms with van der Waals surface area (Å²) in [5.74, 6) is -0.615. The normalized spacial score (nSPS) is 12.3. The number of carbonyl (C=O) groups excluding carboxylic acids is 1. The molecule has 0 heterocycles. The number of rotatable bonds is 2. The Labute approximate surface area is 87.1 Å². The third-order valence-corrected chi connectivity index (χ3v) is 2.18. The zero-order valence-corrected chi connectivity index (χ0v) is 8.73. The van der Waals surface area contributed by atoms with Crippen molar-refractivity contribution < 1.29 is 9.18 Å². The number of hydrogen-bond donors (Lipinski definition) is 1. The van der Waals surface area contributed by atoms with Gasteiger partial charge >= 0.3 is 0 Å². The molecule has 1 aromatic rings. The lowest BCUT2D eigenvalue weighted by molar-refractivity contribution is -0.119. The number of hydrogen-bond acceptors (Lipinski definition) is 1. The topological polar surface area (TPSA) is 29.1 Å². The van der Waals surface area contributed by atoms with E-state index in [2.05, 4.69) is 5.32 Å². The molecule has 0 saturated heterocycles. The molecule has 0 aliphatic rings. The van der Waals surface area contributed by atoms with E-state index in [1.165, 1.54) is 19.1 Å². The Morgan fingerprint density at radius 2 is 2.21 bits per heavy atom. The summed E-state index contributed by atoms with van der Waals surface area (Å²) in [5, 5.41) is 2.90. The molecule has 2 nitrogen and oxygen atoms in total. The first-order valence-corrected chi connectivity index (χ1v) is 4.61. The van der Waals surface area contributed by atoms with Gasteiger partial charge < -0.3 is 5.32 Å². The Balaban J connectivity index is 2.99. The second-order valence-corrected chi connectivity index (χ2v) is 3.46. The van der Waals surface area contributed by atoms with Crippen LogP contribution in [0.1, 0.15) is 25.5 Å². The Morgan fingerprint density at radius 1 is 1.57 bits per heavy atom. The molecule has 4 heteroatoms. The van der Waals surface area contributed by atoms with Crippen LogP contribution in [-0.4, -0.2) is 5.91 Å². The second-order valence-electron chi connectivity index (χ2n) is 3.06. The van der Waals surface area contributed by atoms with Gasteiger partial charge in [0.05, 0.1) is 6.04 Å². The highest BCUT2D eigenvalue weighted by atomic mass is 35.5. The first kappa shape index (κ1) is 11.0. The fraction of sp³-hybridized carbons (Fsp3) is 0.300. The highest BCUT2D eigenvalue weighted by molar-refractivity contribution is 6.31. The third-order valence-electron chi connectivity index (χ3n) is 1.85. The van der Waals surface area contributed by atoms with Gasteiger partial charge in [-0.2, -0.15) is 0 Å². The van der Waals surface area contributed by atoms with Crippen molar-refractivity contribution in [3.05, 3.63) is 34.6 Å². The molecule has 0 spiro atoms. The van der Waals surface area contributed by atoms with Gasteiger partial charge in [-0.15, -0.1) is 0 Å². The fourth-order valence-electron chi connectivity index (χ4n) is 1.30. The van der Waals surface area contributed by atoms with E-state index in [0.717, 1.165) is 0 Å². The maximum absolute atomic E-state index is 13.3. The largest absolute Gasteiger partial charge is 0.350 e. The lowest BCUT2D eigenvalue weighted by atomic mass is 10.1. The average molecular weight is 216 g/mol. The Bertz CT molecular complexity index is 334. The molecule has 0 fully saturated rings. The van der Waals surface area contributed by atoms with E-state index < -0.39 is 11.9 Å². The monoisotopic (exact) mass is 215 g/mol. The number of carbonyl (C=O) groups is 1. The first-order chi connectivity index (χ1) is 6.52. The zero-order chi connectivity index (χ0) is 10.7. The summed E-state index contributed by atoms with van der Waals surface area (Å²) >= 11 is 5.82. The van der Waals surface area contributed by atoms with E-state index in [1.54, 1.807) is 13.0 Å². The summed E-state index contributed by atoms with van der Waals surface area (Å²) in [7, 11) is 0. The van der Waals surface area contributed by atoms with Crippen LogP contribution >= 0.6 is 11.6 Å². The van der Waals surface area contributed by atoms with Gasteiger partial charge in [-0.3, -0.25) is 4.79 Å². The molecule has 0 bridgehead atoms. The molecule has 0 aliphatic carbocycles. The standard InChI is InChI=1S/C10H11ClFNO/c1-6(13-7(2)14)10-8(11)4-3-5-9(10)12/h3-6H,1-2H3,(H,13,14). The minimum Gasteiger partial charge on any atom is -0.350 e. The van der Waals surface area contributed by atoms with E-state index in [1.807, 2.05) is 0 Å². The predicted octanol–water partition coefficient (Wildman–Crippen LogP) is 2.68. The van der Waals surface area contributed by atoms with Crippen LogP contribution in [0.4, 0.5) is 4.39 Å². The summed E-state index contributed by atoms with van der Waals surface area (Å²) in [5.41, 5.74) is 0.323. The molecule has 0 aliphatic heterocycles. The summed E-state index contributed by atoms with van der Waals surface area (Å²) in [4.78, 5) is 10.8. The predicted molar refractivity (Wildman–Crippen MR) is 53.6 cm³/mol. The molecule has 14 heavy (non-hydrogen) atoms. The molecule has 1 unspecified atom stereocenters. The van der Waals surface area contributed by atoms with Gasteiger partial charge in [0.15, 0.2) is 0 Å². The van der Waals surface area contributed by atoms with Crippen molar-refractivity contribution in [2.45, 2.75) is 19.9 Å². The molecule has 76 valence electrons. The Morgan fingerprint density at radius 3 is 2.71 bits per heavy atom. The lowest BCUT2D eigenvalue weighted by Gasteiger charge is -2.14. The van der Waals surface area contributed by atoms with Crippen LogP contribution in [0.3, 0.4) is 0 Å². The van der Waals surface area contributed by atoms with Crippen molar-refractivity contribution in [2.24, 2.45) is 0 Å². The molecular formula is C10H11ClFNO. The molecule has 0 aromatic heterocycles. The maximum Gasteiger partial charge on any atom is 0.217 e. The van der Waals surface area contributed by atoms with Crippen LogP contribution in [0.2, 0.25) is 5.02 Å². The van der Waals surface area contributed by atoms with Crippen molar-refractivity contribution in [1.82, 2.24) is 5.32 Å². The van der Waals surface area contributed by atoms with Crippen LogP contribution in [0.25, 0.3) is 0 Å². The summed E-state index contributed by atoms with van der Waals surface area (Å²) in [6.45, 7) is 3.07. The number of amides is 1. The number of halogens is 2. The summed E-state index contributed by atoms with van der Waals surface area (Å²) in [6, 6.07) is 4.03. The van der Waals surface area contributed by atoms with Gasteiger partial charge in [0, 0.05) is 17.5 Å². The minimum atomic E-state index is -0.416. The van der Waals surface area contributed by atoms with Crippen LogP contribution in [0.5, 0.6) is 0 Å². The fourth-order valence-corrected chi connectivity index (χ4v) is 1.63. The Kier molecular flexibility index (Phi) is 3.47. The number of nitrogens with one attached hydrogen (secondary N) is 1. The van der Waals surface area contributed by atoms with E-state index in [9.17, 15) is 9.18 Å². The quantitative estimate of drug-likeness (QED) is 0.808. The smallest absolute Gasteiger partial charge is 0.217 e. The summed E-state index contributed by atoms with van der Waals surface area (Å²) < 4.78 is 13.3.